The minimum Gasteiger partial charge on any atom is -0.378 e. The molecule has 1 N–H and O–H groups in total. The summed E-state index contributed by atoms with van der Waals surface area (Å²) in [6.45, 7) is 7.14. The van der Waals surface area contributed by atoms with Gasteiger partial charge in [0.2, 0.25) is 0 Å². The summed E-state index contributed by atoms with van der Waals surface area (Å²) in [5.74, 6) is 2.81. The van der Waals surface area contributed by atoms with E-state index in [1.165, 1.54) is 0 Å². The number of anilines is 1. The molecule has 0 amide bonds. The number of hydrogen-bond acceptors (Lipinski definition) is 4. The van der Waals surface area contributed by atoms with E-state index < -0.39 is 0 Å². The number of halogens is 1. The molecule has 102 valence electrons. The van der Waals surface area contributed by atoms with Crippen LogP contribution < -0.4 is 5.32 Å². The summed E-state index contributed by atoms with van der Waals surface area (Å²) in [6.07, 6.45) is 1.09. The van der Waals surface area contributed by atoms with Crippen molar-refractivity contribution in [2.75, 3.05) is 19.5 Å². The maximum atomic E-state index is 5.20. The lowest BCUT2D eigenvalue weighted by atomic mass is 9.98. The first-order valence-electron chi connectivity index (χ1n) is 6.22. The zero-order valence-electron chi connectivity index (χ0n) is 11.7. The summed E-state index contributed by atoms with van der Waals surface area (Å²) in [4.78, 5) is 9.24. The second-order valence-electron chi connectivity index (χ2n) is 4.90. The second-order valence-corrected chi connectivity index (χ2v) is 5.98. The first kappa shape index (κ1) is 15.6. The smallest absolute Gasteiger partial charge is 0.143 e. The Bertz CT molecular complexity index is 396. The van der Waals surface area contributed by atoms with Crippen molar-refractivity contribution in [3.05, 3.63) is 15.1 Å². The molecule has 0 radical (unpaired) electrons. The van der Waals surface area contributed by atoms with Gasteiger partial charge in [-0.2, -0.15) is 0 Å². The first-order valence-corrected chi connectivity index (χ1v) is 7.30. The molecule has 18 heavy (non-hydrogen) atoms. The third-order valence-corrected chi connectivity index (χ3v) is 3.85. The predicted octanol–water partition coefficient (Wildman–Crippen LogP) is 3.42. The van der Waals surface area contributed by atoms with E-state index in [0.717, 1.165) is 27.3 Å². The molecule has 1 heterocycles. The van der Waals surface area contributed by atoms with E-state index >= 15 is 0 Å². The van der Waals surface area contributed by atoms with E-state index in [1.54, 1.807) is 7.11 Å². The molecule has 0 aliphatic rings. The van der Waals surface area contributed by atoms with Crippen molar-refractivity contribution in [3.8, 4) is 0 Å². The van der Waals surface area contributed by atoms with Crippen LogP contribution in [0.4, 0.5) is 5.82 Å². The van der Waals surface area contributed by atoms with Gasteiger partial charge in [0.15, 0.2) is 0 Å². The van der Waals surface area contributed by atoms with E-state index in [1.807, 2.05) is 7.05 Å². The highest BCUT2D eigenvalue weighted by Gasteiger charge is 2.16. The van der Waals surface area contributed by atoms with Crippen molar-refractivity contribution in [1.82, 2.24) is 9.97 Å². The monoisotopic (exact) mass is 363 g/mol. The zero-order valence-corrected chi connectivity index (χ0v) is 13.9. The van der Waals surface area contributed by atoms with Crippen LogP contribution in [0.1, 0.15) is 44.6 Å². The van der Waals surface area contributed by atoms with Crippen molar-refractivity contribution in [1.29, 1.82) is 0 Å². The number of hydrogen-bond donors (Lipinski definition) is 1. The minimum atomic E-state index is 0.365. The minimum absolute atomic E-state index is 0.365. The lowest BCUT2D eigenvalue weighted by molar-refractivity contribution is 0.180. The van der Waals surface area contributed by atoms with Crippen LogP contribution in [-0.2, 0) is 11.3 Å². The molecule has 1 aromatic heterocycles. The predicted molar refractivity (Wildman–Crippen MR) is 82.9 cm³/mol. The van der Waals surface area contributed by atoms with Gasteiger partial charge in [0.1, 0.15) is 11.6 Å². The molecule has 1 unspecified atom stereocenters. The highest BCUT2D eigenvalue weighted by atomic mass is 127. The van der Waals surface area contributed by atoms with Gasteiger partial charge in [-0.3, -0.25) is 0 Å². The first-order chi connectivity index (χ1) is 8.49. The Morgan fingerprint density at radius 2 is 1.94 bits per heavy atom. The molecule has 1 rings (SSSR count). The van der Waals surface area contributed by atoms with Gasteiger partial charge in [0, 0.05) is 20.1 Å². The van der Waals surface area contributed by atoms with Crippen LogP contribution in [0.2, 0.25) is 0 Å². The fourth-order valence-corrected chi connectivity index (χ4v) is 2.61. The third kappa shape index (κ3) is 4.05. The Morgan fingerprint density at radius 1 is 1.28 bits per heavy atom. The SMILES string of the molecule is CNc1nc(C(C)CC(C)C)nc(COC)c1I. The van der Waals surface area contributed by atoms with Gasteiger partial charge in [0.25, 0.3) is 0 Å². The van der Waals surface area contributed by atoms with Gasteiger partial charge < -0.3 is 10.1 Å². The average molecular weight is 363 g/mol. The molecule has 0 saturated carbocycles. The molecular formula is C13H22IN3O. The lowest BCUT2D eigenvalue weighted by Crippen LogP contribution is -2.11. The van der Waals surface area contributed by atoms with Crippen LogP contribution in [0, 0.1) is 9.49 Å². The van der Waals surface area contributed by atoms with Gasteiger partial charge in [-0.15, -0.1) is 0 Å². The van der Waals surface area contributed by atoms with Gasteiger partial charge in [-0.05, 0) is 34.9 Å². The Morgan fingerprint density at radius 3 is 2.44 bits per heavy atom. The van der Waals surface area contributed by atoms with Gasteiger partial charge in [-0.1, -0.05) is 20.8 Å². The molecule has 0 saturated heterocycles. The Kier molecular flexibility index (Phi) is 6.28. The number of aromatic nitrogens is 2. The Labute approximate surface area is 123 Å². The molecule has 0 fully saturated rings. The van der Waals surface area contributed by atoms with E-state index in [-0.39, 0.29) is 0 Å². The van der Waals surface area contributed by atoms with E-state index in [0.29, 0.717) is 18.4 Å². The Hall–Kier alpha value is -0.430. The van der Waals surface area contributed by atoms with Crippen LogP contribution >= 0.6 is 22.6 Å². The van der Waals surface area contributed by atoms with Crippen molar-refractivity contribution < 1.29 is 4.74 Å². The summed E-state index contributed by atoms with van der Waals surface area (Å²) < 4.78 is 6.24. The zero-order chi connectivity index (χ0) is 13.7. The van der Waals surface area contributed by atoms with Crippen LogP contribution in [0.5, 0.6) is 0 Å². The van der Waals surface area contributed by atoms with E-state index in [9.17, 15) is 0 Å². The van der Waals surface area contributed by atoms with Crippen LogP contribution in [-0.4, -0.2) is 24.1 Å². The summed E-state index contributed by atoms with van der Waals surface area (Å²) >= 11 is 2.26. The van der Waals surface area contributed by atoms with Crippen molar-refractivity contribution in [2.45, 2.75) is 39.7 Å². The number of nitrogens with one attached hydrogen (secondary N) is 1. The number of nitrogens with zero attached hydrogens (tertiary/aromatic N) is 2. The topological polar surface area (TPSA) is 47.0 Å². The van der Waals surface area contributed by atoms with Gasteiger partial charge >= 0.3 is 0 Å². The molecular weight excluding hydrogens is 341 g/mol. The van der Waals surface area contributed by atoms with Gasteiger partial charge in [0.05, 0.1) is 15.9 Å². The highest BCUT2D eigenvalue weighted by Crippen LogP contribution is 2.25. The molecule has 1 atom stereocenters. The fraction of sp³-hybridized carbons (Fsp3) is 0.692. The van der Waals surface area contributed by atoms with Crippen molar-refractivity contribution >= 4 is 28.4 Å². The standard InChI is InChI=1S/C13H22IN3O/c1-8(2)6-9(3)12-16-10(7-18-5)11(14)13(15-4)17-12/h8-9H,6-7H2,1-5H3,(H,15,16,17). The molecule has 5 heteroatoms. The summed E-state index contributed by atoms with van der Waals surface area (Å²) in [5, 5.41) is 3.13. The van der Waals surface area contributed by atoms with Crippen molar-refractivity contribution in [3.63, 3.8) is 0 Å². The summed E-state index contributed by atoms with van der Waals surface area (Å²) in [7, 11) is 3.58. The molecule has 4 nitrogen and oxygen atoms in total. The molecule has 0 bridgehead atoms. The van der Waals surface area contributed by atoms with Crippen LogP contribution in [0.15, 0.2) is 0 Å². The van der Waals surface area contributed by atoms with Crippen LogP contribution in [0.3, 0.4) is 0 Å². The van der Waals surface area contributed by atoms with Gasteiger partial charge in [-0.25, -0.2) is 9.97 Å². The molecule has 0 aliphatic heterocycles. The molecule has 1 aromatic rings. The molecule has 0 aliphatic carbocycles. The quantitative estimate of drug-likeness (QED) is 0.787. The average Bonchev–Trinajstić information content (AvgIpc) is 2.31. The number of methoxy groups -OCH3 is 1. The second kappa shape index (κ2) is 7.23. The molecule has 0 aromatic carbocycles. The van der Waals surface area contributed by atoms with E-state index in [2.05, 4.69) is 58.6 Å². The largest absolute Gasteiger partial charge is 0.378 e. The van der Waals surface area contributed by atoms with E-state index in [4.69, 9.17) is 4.74 Å². The maximum Gasteiger partial charge on any atom is 0.143 e. The number of rotatable bonds is 6. The number of ether oxygens (including phenoxy) is 1. The highest BCUT2D eigenvalue weighted by molar-refractivity contribution is 14.1. The fourth-order valence-electron chi connectivity index (χ4n) is 1.94. The van der Waals surface area contributed by atoms with Crippen LogP contribution in [0.25, 0.3) is 0 Å². The Balaban J connectivity index is 3.08. The third-order valence-electron chi connectivity index (χ3n) is 2.72. The lowest BCUT2D eigenvalue weighted by Gasteiger charge is -2.16. The summed E-state index contributed by atoms with van der Waals surface area (Å²) in [5.41, 5.74) is 0.961. The van der Waals surface area contributed by atoms with Crippen molar-refractivity contribution in [2.24, 2.45) is 5.92 Å². The summed E-state index contributed by atoms with van der Waals surface area (Å²) in [6, 6.07) is 0. The molecule has 0 spiro atoms. The normalized spacial score (nSPS) is 12.8. The maximum absolute atomic E-state index is 5.20.